The smallest absolute Gasteiger partial charge is 0.201 e. The zero-order valence-corrected chi connectivity index (χ0v) is 11.6. The van der Waals surface area contributed by atoms with Gasteiger partial charge in [-0.25, -0.2) is 4.98 Å². The molecule has 3 unspecified atom stereocenters. The second kappa shape index (κ2) is 4.76. The summed E-state index contributed by atoms with van der Waals surface area (Å²) in [7, 11) is 0. The Morgan fingerprint density at radius 3 is 3.00 bits per heavy atom. The molecule has 0 amide bonds. The van der Waals surface area contributed by atoms with Gasteiger partial charge in [0.25, 0.3) is 0 Å². The molecule has 0 bridgehead atoms. The van der Waals surface area contributed by atoms with Crippen LogP contribution in [0.1, 0.15) is 33.1 Å². The molecule has 1 aromatic carbocycles. The van der Waals surface area contributed by atoms with Crippen LogP contribution in [0.2, 0.25) is 0 Å². The molecule has 4 N–H and O–H groups in total. The molecule has 1 aliphatic carbocycles. The van der Waals surface area contributed by atoms with Crippen molar-refractivity contribution in [2.24, 2.45) is 11.8 Å². The molecule has 102 valence electrons. The van der Waals surface area contributed by atoms with E-state index in [9.17, 15) is 0 Å². The second-order valence-corrected chi connectivity index (χ2v) is 5.88. The number of hydrogen-bond donors (Lipinski definition) is 3. The van der Waals surface area contributed by atoms with Crippen molar-refractivity contribution < 1.29 is 0 Å². The molecule has 4 heteroatoms. The lowest BCUT2D eigenvalue weighted by atomic mass is 9.78. The van der Waals surface area contributed by atoms with Crippen LogP contribution in [-0.2, 0) is 0 Å². The summed E-state index contributed by atoms with van der Waals surface area (Å²) in [5, 5.41) is 3.56. The second-order valence-electron chi connectivity index (χ2n) is 5.88. The first-order valence-corrected chi connectivity index (χ1v) is 7.15. The number of nitrogens with zero attached hydrogens (tertiary/aromatic N) is 1. The lowest BCUT2D eigenvalue weighted by molar-refractivity contribution is 0.252. The first kappa shape index (κ1) is 12.3. The minimum absolute atomic E-state index is 0.515. The van der Waals surface area contributed by atoms with E-state index in [4.69, 9.17) is 5.73 Å². The summed E-state index contributed by atoms with van der Waals surface area (Å²) >= 11 is 0. The number of anilines is 2. The van der Waals surface area contributed by atoms with Crippen LogP contribution in [0, 0.1) is 11.8 Å². The standard InChI is InChI=1S/C15H22N4/c1-9-4-3-5-12(10(9)2)17-15-18-13-7-6-11(16)8-14(13)19-15/h6-10,12H,3-5,16H2,1-2H3,(H2,17,18,19). The van der Waals surface area contributed by atoms with Gasteiger partial charge >= 0.3 is 0 Å². The molecule has 3 atom stereocenters. The Bertz CT molecular complexity index is 575. The molecule has 4 nitrogen and oxygen atoms in total. The van der Waals surface area contributed by atoms with Gasteiger partial charge in [0, 0.05) is 11.7 Å². The van der Waals surface area contributed by atoms with Gasteiger partial charge in [0.05, 0.1) is 11.0 Å². The topological polar surface area (TPSA) is 66.7 Å². The third-order valence-corrected chi connectivity index (χ3v) is 4.53. The quantitative estimate of drug-likeness (QED) is 0.723. The van der Waals surface area contributed by atoms with E-state index in [1.807, 2.05) is 18.2 Å². The van der Waals surface area contributed by atoms with Crippen LogP contribution in [0.4, 0.5) is 11.6 Å². The molecule has 2 aromatic rings. The summed E-state index contributed by atoms with van der Waals surface area (Å²) in [6.45, 7) is 4.68. The van der Waals surface area contributed by atoms with E-state index < -0.39 is 0 Å². The van der Waals surface area contributed by atoms with Gasteiger partial charge in [-0.15, -0.1) is 0 Å². The van der Waals surface area contributed by atoms with Crippen LogP contribution in [-0.4, -0.2) is 16.0 Å². The van der Waals surface area contributed by atoms with Crippen LogP contribution >= 0.6 is 0 Å². The molecule has 0 aliphatic heterocycles. The highest BCUT2D eigenvalue weighted by Gasteiger charge is 2.27. The number of hydrogen-bond acceptors (Lipinski definition) is 3. The van der Waals surface area contributed by atoms with Crippen LogP contribution in [0.25, 0.3) is 11.0 Å². The highest BCUT2D eigenvalue weighted by Crippen LogP contribution is 2.31. The Labute approximate surface area is 113 Å². The first-order chi connectivity index (χ1) is 9.13. The van der Waals surface area contributed by atoms with Crippen LogP contribution in [0.15, 0.2) is 18.2 Å². The monoisotopic (exact) mass is 258 g/mol. The minimum Gasteiger partial charge on any atom is -0.399 e. The van der Waals surface area contributed by atoms with E-state index in [1.165, 1.54) is 19.3 Å². The predicted molar refractivity (Wildman–Crippen MR) is 80.1 cm³/mol. The largest absolute Gasteiger partial charge is 0.399 e. The molecule has 0 saturated heterocycles. The number of H-pyrrole nitrogens is 1. The Hall–Kier alpha value is -1.71. The molecule has 1 aromatic heterocycles. The van der Waals surface area contributed by atoms with Crippen molar-refractivity contribution in [2.45, 2.75) is 39.2 Å². The SMILES string of the molecule is CC1CCCC(Nc2nc3ccc(N)cc3[nH]2)C1C. The fourth-order valence-corrected chi connectivity index (χ4v) is 3.06. The molecule has 1 aliphatic rings. The maximum absolute atomic E-state index is 5.79. The number of aromatic amines is 1. The molecule has 0 radical (unpaired) electrons. The molecule has 19 heavy (non-hydrogen) atoms. The number of imidazole rings is 1. The van der Waals surface area contributed by atoms with Gasteiger partial charge in [-0.2, -0.15) is 0 Å². The van der Waals surface area contributed by atoms with Gasteiger partial charge in [0.15, 0.2) is 0 Å². The summed E-state index contributed by atoms with van der Waals surface area (Å²) in [4.78, 5) is 7.90. The maximum atomic E-state index is 5.79. The van der Waals surface area contributed by atoms with E-state index in [2.05, 4.69) is 29.1 Å². The van der Waals surface area contributed by atoms with Gasteiger partial charge < -0.3 is 16.0 Å². The van der Waals surface area contributed by atoms with Crippen molar-refractivity contribution in [1.82, 2.24) is 9.97 Å². The lowest BCUT2D eigenvalue weighted by Crippen LogP contribution is -2.35. The Morgan fingerprint density at radius 1 is 1.32 bits per heavy atom. The van der Waals surface area contributed by atoms with E-state index in [-0.39, 0.29) is 0 Å². The van der Waals surface area contributed by atoms with Crippen molar-refractivity contribution in [3.05, 3.63) is 18.2 Å². The summed E-state index contributed by atoms with van der Waals surface area (Å²) in [6.07, 6.45) is 3.87. The van der Waals surface area contributed by atoms with Gasteiger partial charge in [-0.1, -0.05) is 26.7 Å². The highest BCUT2D eigenvalue weighted by molar-refractivity contribution is 5.80. The predicted octanol–water partition coefficient (Wildman–Crippen LogP) is 3.38. The van der Waals surface area contributed by atoms with Gasteiger partial charge in [0.2, 0.25) is 5.95 Å². The molecule has 1 saturated carbocycles. The number of benzene rings is 1. The fourth-order valence-electron chi connectivity index (χ4n) is 3.06. The van der Waals surface area contributed by atoms with Crippen molar-refractivity contribution in [3.63, 3.8) is 0 Å². The summed E-state index contributed by atoms with van der Waals surface area (Å²) in [5.74, 6) is 2.34. The molecule has 1 heterocycles. The summed E-state index contributed by atoms with van der Waals surface area (Å²) < 4.78 is 0. The van der Waals surface area contributed by atoms with E-state index in [1.54, 1.807) is 0 Å². The van der Waals surface area contributed by atoms with Crippen molar-refractivity contribution in [1.29, 1.82) is 0 Å². The Balaban J connectivity index is 1.81. The van der Waals surface area contributed by atoms with E-state index >= 15 is 0 Å². The van der Waals surface area contributed by atoms with E-state index in [0.717, 1.165) is 28.6 Å². The number of rotatable bonds is 2. The highest BCUT2D eigenvalue weighted by atomic mass is 15.1. The third-order valence-electron chi connectivity index (χ3n) is 4.53. The molecular formula is C15H22N4. The van der Waals surface area contributed by atoms with Crippen molar-refractivity contribution >= 4 is 22.7 Å². The molecule has 1 fully saturated rings. The number of nitrogens with two attached hydrogens (primary N) is 1. The van der Waals surface area contributed by atoms with Crippen LogP contribution in [0.5, 0.6) is 0 Å². The average Bonchev–Trinajstić information content (AvgIpc) is 2.76. The van der Waals surface area contributed by atoms with Crippen LogP contribution in [0.3, 0.4) is 0 Å². The van der Waals surface area contributed by atoms with Gasteiger partial charge in [-0.05, 0) is 36.5 Å². The van der Waals surface area contributed by atoms with Crippen molar-refractivity contribution in [2.75, 3.05) is 11.1 Å². The van der Waals surface area contributed by atoms with Gasteiger partial charge in [0.1, 0.15) is 0 Å². The van der Waals surface area contributed by atoms with Gasteiger partial charge in [-0.3, -0.25) is 0 Å². The summed E-state index contributed by atoms with van der Waals surface area (Å²) in [6, 6.07) is 6.29. The molecular weight excluding hydrogens is 236 g/mol. The zero-order chi connectivity index (χ0) is 13.4. The van der Waals surface area contributed by atoms with Crippen molar-refractivity contribution in [3.8, 4) is 0 Å². The summed E-state index contributed by atoms with van der Waals surface area (Å²) in [5.41, 5.74) is 8.52. The van der Waals surface area contributed by atoms with E-state index in [0.29, 0.717) is 12.0 Å². The maximum Gasteiger partial charge on any atom is 0.201 e. The minimum atomic E-state index is 0.515. The zero-order valence-electron chi connectivity index (χ0n) is 11.6. The Kier molecular flexibility index (Phi) is 3.09. The first-order valence-electron chi connectivity index (χ1n) is 7.15. The normalized spacial score (nSPS) is 27.6. The van der Waals surface area contributed by atoms with Crippen LogP contribution < -0.4 is 11.1 Å². The number of aromatic nitrogens is 2. The Morgan fingerprint density at radius 2 is 2.16 bits per heavy atom. The molecule has 3 rings (SSSR count). The fraction of sp³-hybridized carbons (Fsp3) is 0.533. The third kappa shape index (κ3) is 2.39. The number of nitrogens with one attached hydrogen (secondary N) is 2. The average molecular weight is 258 g/mol. The number of fused-ring (bicyclic) bond motifs is 1. The number of nitrogen functional groups attached to an aromatic ring is 1. The lowest BCUT2D eigenvalue weighted by Gasteiger charge is -2.34. The molecule has 0 spiro atoms.